The number of rotatable bonds is 5. The molecule has 2 nitrogen and oxygen atoms in total. The van der Waals surface area contributed by atoms with Crippen LogP contribution in [0.4, 0.5) is 0 Å². The maximum Gasteiger partial charge on any atom is 0.306 e. The fourth-order valence-corrected chi connectivity index (χ4v) is 3.22. The number of benzene rings is 2. The molecule has 0 N–H and O–H groups in total. The van der Waals surface area contributed by atoms with Crippen molar-refractivity contribution < 1.29 is 9.53 Å². The molecule has 0 saturated heterocycles. The number of aryl methyl sites for hydroxylation is 1. The second kappa shape index (κ2) is 6.97. The van der Waals surface area contributed by atoms with E-state index in [-0.39, 0.29) is 11.9 Å². The van der Waals surface area contributed by atoms with Gasteiger partial charge in [-0.15, -0.1) is 11.6 Å². The molecule has 2 aromatic rings. The lowest BCUT2D eigenvalue weighted by molar-refractivity contribution is -0.145. The van der Waals surface area contributed by atoms with Crippen molar-refractivity contribution in [3.05, 3.63) is 70.8 Å². The summed E-state index contributed by atoms with van der Waals surface area (Å²) in [6.07, 6.45) is 2.50. The number of halogens is 1. The van der Waals surface area contributed by atoms with Crippen molar-refractivity contribution in [3.8, 4) is 0 Å². The van der Waals surface area contributed by atoms with Gasteiger partial charge in [0.1, 0.15) is 6.61 Å². The van der Waals surface area contributed by atoms with E-state index in [0.29, 0.717) is 18.9 Å². The molecule has 0 amide bonds. The molecule has 1 unspecified atom stereocenters. The second-order valence-corrected chi connectivity index (χ2v) is 6.02. The van der Waals surface area contributed by atoms with Gasteiger partial charge in [0.25, 0.3) is 0 Å². The third kappa shape index (κ3) is 3.50. The van der Waals surface area contributed by atoms with Gasteiger partial charge in [-0.3, -0.25) is 4.79 Å². The van der Waals surface area contributed by atoms with Crippen LogP contribution in [0, 0.1) is 0 Å². The molecule has 3 heteroatoms. The highest BCUT2D eigenvalue weighted by Crippen LogP contribution is 2.36. The Kier molecular flexibility index (Phi) is 4.79. The first-order valence-corrected chi connectivity index (χ1v) is 8.17. The third-order valence-corrected chi connectivity index (χ3v) is 4.53. The van der Waals surface area contributed by atoms with Crippen molar-refractivity contribution >= 4 is 17.6 Å². The van der Waals surface area contributed by atoms with Crippen LogP contribution in [0.5, 0.6) is 0 Å². The van der Waals surface area contributed by atoms with Crippen LogP contribution in [0.1, 0.15) is 41.0 Å². The Morgan fingerprint density at radius 2 is 1.95 bits per heavy atom. The summed E-state index contributed by atoms with van der Waals surface area (Å²) in [5.74, 6) is 0.697. The molecule has 3 rings (SSSR count). The lowest BCUT2D eigenvalue weighted by atomic mass is 9.97. The Morgan fingerprint density at radius 3 is 2.73 bits per heavy atom. The van der Waals surface area contributed by atoms with Crippen LogP contribution in [-0.2, 0) is 28.4 Å². The van der Waals surface area contributed by atoms with Gasteiger partial charge in [0, 0.05) is 5.88 Å². The van der Waals surface area contributed by atoms with Crippen LogP contribution in [0.15, 0.2) is 48.5 Å². The van der Waals surface area contributed by atoms with Gasteiger partial charge >= 0.3 is 5.97 Å². The highest BCUT2D eigenvalue weighted by molar-refractivity contribution is 6.17. The molecule has 0 bridgehead atoms. The Balaban J connectivity index is 1.57. The molecule has 0 radical (unpaired) electrons. The van der Waals surface area contributed by atoms with E-state index in [1.54, 1.807) is 0 Å². The molecule has 1 atom stereocenters. The Labute approximate surface area is 136 Å². The van der Waals surface area contributed by atoms with Crippen LogP contribution >= 0.6 is 11.6 Å². The van der Waals surface area contributed by atoms with E-state index in [9.17, 15) is 4.79 Å². The van der Waals surface area contributed by atoms with E-state index >= 15 is 0 Å². The molecule has 0 heterocycles. The summed E-state index contributed by atoms with van der Waals surface area (Å²) in [5, 5.41) is 0. The number of fused-ring (bicyclic) bond motifs is 1. The van der Waals surface area contributed by atoms with Crippen molar-refractivity contribution in [3.63, 3.8) is 0 Å². The molecular formula is C19H19ClO2. The van der Waals surface area contributed by atoms with Gasteiger partial charge in [0.2, 0.25) is 0 Å². The Bertz CT molecular complexity index is 652. The highest BCUT2D eigenvalue weighted by Gasteiger charge is 2.25. The van der Waals surface area contributed by atoms with Crippen molar-refractivity contribution in [2.24, 2.45) is 0 Å². The first-order valence-electron chi connectivity index (χ1n) is 7.63. The molecular weight excluding hydrogens is 296 g/mol. The summed E-state index contributed by atoms with van der Waals surface area (Å²) in [6.45, 7) is 0.352. The van der Waals surface area contributed by atoms with Gasteiger partial charge in [-0.2, -0.15) is 0 Å². The summed E-state index contributed by atoms with van der Waals surface area (Å²) < 4.78 is 5.39. The molecule has 0 saturated carbocycles. The van der Waals surface area contributed by atoms with Crippen molar-refractivity contribution in [1.82, 2.24) is 0 Å². The summed E-state index contributed by atoms with van der Waals surface area (Å²) in [6, 6.07) is 16.1. The minimum absolute atomic E-state index is 0.122. The normalized spacial score (nSPS) is 16.3. The lowest BCUT2D eigenvalue weighted by Gasteiger charge is -2.12. The number of hydrogen-bond acceptors (Lipinski definition) is 2. The highest BCUT2D eigenvalue weighted by atomic mass is 35.5. The van der Waals surface area contributed by atoms with Crippen LogP contribution in [0.2, 0.25) is 0 Å². The average molecular weight is 315 g/mol. The summed E-state index contributed by atoms with van der Waals surface area (Å²) >= 11 is 5.87. The molecule has 0 fully saturated rings. The minimum Gasteiger partial charge on any atom is -0.461 e. The maximum atomic E-state index is 12.1. The second-order valence-electron chi connectivity index (χ2n) is 5.75. The number of hydrogen-bond donors (Lipinski definition) is 0. The lowest BCUT2D eigenvalue weighted by Crippen LogP contribution is -2.09. The number of carbonyl (C=O) groups is 1. The van der Waals surface area contributed by atoms with Crippen LogP contribution in [-0.4, -0.2) is 5.97 Å². The Hall–Kier alpha value is -1.80. The van der Waals surface area contributed by atoms with E-state index < -0.39 is 0 Å². The third-order valence-electron chi connectivity index (χ3n) is 4.22. The van der Waals surface area contributed by atoms with Crippen LogP contribution in [0.25, 0.3) is 0 Å². The van der Waals surface area contributed by atoms with Crippen molar-refractivity contribution in [2.45, 2.75) is 37.7 Å². The number of carbonyl (C=O) groups excluding carboxylic acids is 1. The zero-order chi connectivity index (χ0) is 15.4. The van der Waals surface area contributed by atoms with Gasteiger partial charge in [0.15, 0.2) is 0 Å². The van der Waals surface area contributed by atoms with E-state index in [1.165, 1.54) is 11.1 Å². The predicted molar refractivity (Wildman–Crippen MR) is 87.9 cm³/mol. The number of ether oxygens (including phenoxy) is 1. The molecule has 22 heavy (non-hydrogen) atoms. The first kappa shape index (κ1) is 15.1. The minimum atomic E-state index is -0.122. The van der Waals surface area contributed by atoms with Crippen LogP contribution in [0.3, 0.4) is 0 Å². The fraction of sp³-hybridized carbons (Fsp3) is 0.316. The van der Waals surface area contributed by atoms with E-state index in [1.807, 2.05) is 30.3 Å². The maximum absolute atomic E-state index is 12.1. The monoisotopic (exact) mass is 314 g/mol. The van der Waals surface area contributed by atoms with Crippen molar-refractivity contribution in [1.29, 1.82) is 0 Å². The largest absolute Gasteiger partial charge is 0.461 e. The molecule has 0 aliphatic heterocycles. The molecule has 0 spiro atoms. The van der Waals surface area contributed by atoms with Gasteiger partial charge < -0.3 is 4.74 Å². The topological polar surface area (TPSA) is 26.3 Å². The quantitative estimate of drug-likeness (QED) is 0.596. The smallest absolute Gasteiger partial charge is 0.306 e. The van der Waals surface area contributed by atoms with E-state index in [0.717, 1.165) is 24.0 Å². The van der Waals surface area contributed by atoms with E-state index in [2.05, 4.69) is 18.2 Å². The summed E-state index contributed by atoms with van der Waals surface area (Å²) in [4.78, 5) is 12.1. The SMILES string of the molecule is O=C(CC1CCc2cc(CCl)ccc21)OCc1ccccc1. The average Bonchev–Trinajstić information content (AvgIpc) is 2.96. The number of esters is 1. The molecule has 1 aliphatic rings. The van der Waals surface area contributed by atoms with Crippen LogP contribution < -0.4 is 0 Å². The Morgan fingerprint density at radius 1 is 1.14 bits per heavy atom. The molecule has 1 aliphatic carbocycles. The van der Waals surface area contributed by atoms with Crippen molar-refractivity contribution in [2.75, 3.05) is 0 Å². The first-order chi connectivity index (χ1) is 10.8. The van der Waals surface area contributed by atoms with E-state index in [4.69, 9.17) is 16.3 Å². The summed E-state index contributed by atoms with van der Waals surface area (Å²) in [5.41, 5.74) is 4.78. The molecule has 114 valence electrons. The zero-order valence-corrected chi connectivity index (χ0v) is 13.2. The van der Waals surface area contributed by atoms with Gasteiger partial charge in [-0.1, -0.05) is 48.5 Å². The fourth-order valence-electron chi connectivity index (χ4n) is 3.05. The predicted octanol–water partition coefficient (Wildman–Crippen LogP) is 4.59. The summed E-state index contributed by atoms with van der Waals surface area (Å²) in [7, 11) is 0. The molecule has 0 aromatic heterocycles. The zero-order valence-electron chi connectivity index (χ0n) is 12.4. The van der Waals surface area contributed by atoms with Gasteiger partial charge in [-0.25, -0.2) is 0 Å². The number of alkyl halides is 1. The van der Waals surface area contributed by atoms with Gasteiger partial charge in [-0.05, 0) is 41.0 Å². The molecule has 2 aromatic carbocycles. The van der Waals surface area contributed by atoms with Gasteiger partial charge in [0.05, 0.1) is 6.42 Å². The standard InChI is InChI=1S/C19H19ClO2/c20-12-15-6-9-18-16(10-15)7-8-17(18)11-19(21)22-13-14-4-2-1-3-5-14/h1-6,9-10,17H,7-8,11-13H2.